The minimum absolute atomic E-state index is 0.0269. The van der Waals surface area contributed by atoms with Gasteiger partial charge in [-0.1, -0.05) is 51.0 Å². The van der Waals surface area contributed by atoms with Crippen molar-refractivity contribution in [2.24, 2.45) is 0 Å². The second-order valence-corrected chi connectivity index (χ2v) is 7.35. The van der Waals surface area contributed by atoms with Crippen molar-refractivity contribution in [1.29, 1.82) is 0 Å². The highest BCUT2D eigenvalue weighted by Crippen LogP contribution is 2.27. The Bertz CT molecular complexity index is 660. The predicted octanol–water partition coefficient (Wildman–Crippen LogP) is 3.48. The lowest BCUT2D eigenvalue weighted by Gasteiger charge is -2.36. The van der Waals surface area contributed by atoms with Crippen molar-refractivity contribution < 1.29 is 14.4 Å². The molecule has 5 heteroatoms. The van der Waals surface area contributed by atoms with Crippen LogP contribution in [0.15, 0.2) is 24.3 Å². The molecule has 2 fully saturated rings. The first-order chi connectivity index (χ1) is 12.0. The van der Waals surface area contributed by atoms with E-state index in [1.807, 2.05) is 12.1 Å². The Morgan fingerprint density at radius 2 is 1.64 bits per heavy atom. The SMILES string of the molecule is CC(C)c1ccc(CCN2C(=O)CC(=O)N(C3CCCC3)C2=O)cc1. The maximum Gasteiger partial charge on any atom is 0.333 e. The van der Waals surface area contributed by atoms with Crippen LogP contribution < -0.4 is 0 Å². The molecule has 4 amide bonds. The molecule has 1 aromatic carbocycles. The summed E-state index contributed by atoms with van der Waals surface area (Å²) < 4.78 is 0. The van der Waals surface area contributed by atoms with E-state index in [4.69, 9.17) is 0 Å². The highest BCUT2D eigenvalue weighted by Gasteiger charge is 2.41. The van der Waals surface area contributed by atoms with Gasteiger partial charge in [0.1, 0.15) is 6.42 Å². The third-order valence-electron chi connectivity index (χ3n) is 5.27. The molecular formula is C20H26N2O3. The molecule has 2 aliphatic rings. The first kappa shape index (κ1) is 17.6. The molecule has 1 aliphatic carbocycles. The third kappa shape index (κ3) is 3.75. The molecule has 0 bridgehead atoms. The van der Waals surface area contributed by atoms with Crippen LogP contribution in [-0.4, -0.2) is 40.2 Å². The van der Waals surface area contributed by atoms with Gasteiger partial charge in [0, 0.05) is 12.6 Å². The quantitative estimate of drug-likeness (QED) is 0.770. The molecular weight excluding hydrogens is 316 g/mol. The van der Waals surface area contributed by atoms with Gasteiger partial charge in [0.2, 0.25) is 11.8 Å². The number of carbonyl (C=O) groups excluding carboxylic acids is 3. The summed E-state index contributed by atoms with van der Waals surface area (Å²) in [7, 11) is 0. The van der Waals surface area contributed by atoms with Gasteiger partial charge in [-0.2, -0.15) is 0 Å². The van der Waals surface area contributed by atoms with Crippen LogP contribution >= 0.6 is 0 Å². The van der Waals surface area contributed by atoms with Crippen molar-refractivity contribution in [2.75, 3.05) is 6.54 Å². The van der Waals surface area contributed by atoms with E-state index >= 15 is 0 Å². The second kappa shape index (κ2) is 7.38. The Kier molecular flexibility index (Phi) is 5.21. The van der Waals surface area contributed by atoms with E-state index in [1.54, 1.807) is 0 Å². The highest BCUT2D eigenvalue weighted by atomic mass is 16.2. The molecule has 1 heterocycles. The average molecular weight is 342 g/mol. The maximum atomic E-state index is 12.7. The first-order valence-corrected chi connectivity index (χ1v) is 9.22. The first-order valence-electron chi connectivity index (χ1n) is 9.22. The van der Waals surface area contributed by atoms with Gasteiger partial charge in [-0.3, -0.25) is 19.4 Å². The van der Waals surface area contributed by atoms with Gasteiger partial charge in [0.15, 0.2) is 0 Å². The number of hydrogen-bond donors (Lipinski definition) is 0. The topological polar surface area (TPSA) is 57.7 Å². The summed E-state index contributed by atoms with van der Waals surface area (Å²) in [6.45, 7) is 4.62. The fourth-order valence-corrected chi connectivity index (χ4v) is 3.71. The molecule has 1 aliphatic heterocycles. The Labute approximate surface area is 149 Å². The van der Waals surface area contributed by atoms with Gasteiger partial charge in [-0.15, -0.1) is 0 Å². The van der Waals surface area contributed by atoms with Gasteiger partial charge < -0.3 is 0 Å². The molecule has 3 rings (SSSR count). The Morgan fingerprint density at radius 3 is 2.24 bits per heavy atom. The molecule has 0 unspecified atom stereocenters. The van der Waals surface area contributed by atoms with Crippen molar-refractivity contribution in [1.82, 2.24) is 9.80 Å². The molecule has 0 radical (unpaired) electrons. The minimum Gasteiger partial charge on any atom is -0.274 e. The van der Waals surface area contributed by atoms with Gasteiger partial charge >= 0.3 is 6.03 Å². The minimum atomic E-state index is -0.424. The number of carbonyl (C=O) groups is 3. The summed E-state index contributed by atoms with van der Waals surface area (Å²) in [5.41, 5.74) is 2.36. The van der Waals surface area contributed by atoms with Crippen LogP contribution in [0.25, 0.3) is 0 Å². The summed E-state index contributed by atoms with van der Waals surface area (Å²) in [5, 5.41) is 0. The molecule has 0 N–H and O–H groups in total. The largest absolute Gasteiger partial charge is 0.333 e. The van der Waals surface area contributed by atoms with E-state index in [-0.39, 0.29) is 24.3 Å². The molecule has 0 atom stereocenters. The molecule has 134 valence electrons. The number of rotatable bonds is 5. The lowest BCUT2D eigenvalue weighted by molar-refractivity contribution is -0.143. The van der Waals surface area contributed by atoms with Gasteiger partial charge in [-0.05, 0) is 36.3 Å². The van der Waals surface area contributed by atoms with Gasteiger partial charge in [0.25, 0.3) is 0 Å². The highest BCUT2D eigenvalue weighted by molar-refractivity contribution is 6.14. The number of urea groups is 1. The lowest BCUT2D eigenvalue weighted by Crippen LogP contribution is -2.58. The zero-order valence-corrected chi connectivity index (χ0v) is 15.0. The summed E-state index contributed by atoms with van der Waals surface area (Å²) in [6, 6.07) is 7.83. The van der Waals surface area contributed by atoms with Crippen molar-refractivity contribution in [2.45, 2.75) is 64.3 Å². The zero-order valence-electron chi connectivity index (χ0n) is 15.0. The van der Waals surface area contributed by atoms with E-state index in [0.29, 0.717) is 18.9 Å². The van der Waals surface area contributed by atoms with Crippen LogP contribution in [0.5, 0.6) is 0 Å². The molecule has 5 nitrogen and oxygen atoms in total. The molecule has 0 spiro atoms. The fraction of sp³-hybridized carbons (Fsp3) is 0.550. The molecule has 0 aromatic heterocycles. The Hall–Kier alpha value is -2.17. The van der Waals surface area contributed by atoms with E-state index in [9.17, 15) is 14.4 Å². The van der Waals surface area contributed by atoms with Crippen LogP contribution in [0.2, 0.25) is 0 Å². The van der Waals surface area contributed by atoms with Crippen LogP contribution in [-0.2, 0) is 16.0 Å². The van der Waals surface area contributed by atoms with E-state index in [2.05, 4.69) is 26.0 Å². The van der Waals surface area contributed by atoms with Gasteiger partial charge in [-0.25, -0.2) is 4.79 Å². The van der Waals surface area contributed by atoms with Crippen LogP contribution in [0, 0.1) is 0 Å². The van der Waals surface area contributed by atoms with Crippen molar-refractivity contribution in [3.63, 3.8) is 0 Å². The second-order valence-electron chi connectivity index (χ2n) is 7.35. The standard InChI is InChI=1S/C20H26N2O3/c1-14(2)16-9-7-15(8-10-16)11-12-21-18(23)13-19(24)22(20(21)25)17-5-3-4-6-17/h7-10,14,17H,3-6,11-13H2,1-2H3. The summed E-state index contributed by atoms with van der Waals surface area (Å²) in [6.07, 6.45) is 4.22. The zero-order chi connectivity index (χ0) is 18.0. The smallest absolute Gasteiger partial charge is 0.274 e. The van der Waals surface area contributed by atoms with Gasteiger partial charge in [0.05, 0.1) is 0 Å². The predicted molar refractivity (Wildman–Crippen MR) is 95.1 cm³/mol. The monoisotopic (exact) mass is 342 g/mol. The van der Waals surface area contributed by atoms with Crippen molar-refractivity contribution in [3.05, 3.63) is 35.4 Å². The summed E-state index contributed by atoms with van der Waals surface area (Å²) >= 11 is 0. The van der Waals surface area contributed by atoms with Crippen LogP contribution in [0.4, 0.5) is 4.79 Å². The lowest BCUT2D eigenvalue weighted by atomic mass is 10.0. The summed E-state index contributed by atoms with van der Waals surface area (Å²) in [4.78, 5) is 39.7. The number of imide groups is 2. The average Bonchev–Trinajstić information content (AvgIpc) is 3.08. The van der Waals surface area contributed by atoms with Crippen molar-refractivity contribution in [3.8, 4) is 0 Å². The number of barbiturate groups is 1. The van der Waals surface area contributed by atoms with Crippen LogP contribution in [0.3, 0.4) is 0 Å². The Balaban J connectivity index is 1.66. The van der Waals surface area contributed by atoms with Crippen LogP contribution in [0.1, 0.15) is 63.0 Å². The Morgan fingerprint density at radius 1 is 1.00 bits per heavy atom. The number of hydrogen-bond acceptors (Lipinski definition) is 3. The van der Waals surface area contributed by atoms with E-state index in [0.717, 1.165) is 31.2 Å². The maximum absolute atomic E-state index is 12.7. The van der Waals surface area contributed by atoms with E-state index < -0.39 is 6.03 Å². The fourth-order valence-electron chi connectivity index (χ4n) is 3.71. The van der Waals surface area contributed by atoms with Crippen molar-refractivity contribution >= 4 is 17.8 Å². The molecule has 25 heavy (non-hydrogen) atoms. The normalized spacial score (nSPS) is 19.4. The number of nitrogens with zero attached hydrogens (tertiary/aromatic N) is 2. The number of amides is 4. The number of benzene rings is 1. The summed E-state index contributed by atoms with van der Waals surface area (Å²) in [5.74, 6) is -0.229. The molecule has 1 aromatic rings. The van der Waals surface area contributed by atoms with E-state index in [1.165, 1.54) is 15.4 Å². The molecule has 1 saturated carbocycles. The molecule has 1 saturated heterocycles. The third-order valence-corrected chi connectivity index (χ3v) is 5.27.